The molecular weight excluding hydrogens is 351 g/mol. The summed E-state index contributed by atoms with van der Waals surface area (Å²) in [5, 5.41) is 10.5. The molecule has 2 atom stereocenters. The molecule has 1 aromatic heterocycles. The molecule has 0 radical (unpaired) electrons. The van der Waals surface area contributed by atoms with Crippen molar-refractivity contribution in [3.05, 3.63) is 35.6 Å². The molecule has 2 heterocycles. The summed E-state index contributed by atoms with van der Waals surface area (Å²) in [6.45, 7) is 7.34. The molecule has 0 saturated carbocycles. The molecule has 1 saturated heterocycles. The van der Waals surface area contributed by atoms with Crippen molar-refractivity contribution in [3.63, 3.8) is 0 Å². The maximum atomic E-state index is 14.4. The van der Waals surface area contributed by atoms with E-state index in [0.29, 0.717) is 11.1 Å². The van der Waals surface area contributed by atoms with Gasteiger partial charge >= 0.3 is 6.09 Å². The fraction of sp³-hybridized carbons (Fsp3) is 0.500. The monoisotopic (exact) mass is 376 g/mol. The van der Waals surface area contributed by atoms with Gasteiger partial charge in [-0.3, -0.25) is 9.69 Å². The number of aryl methyl sites for hydroxylation is 1. The summed E-state index contributed by atoms with van der Waals surface area (Å²) in [6, 6.07) is 4.57. The smallest absolute Gasteiger partial charge is 0.408 e. The number of alkyl halides is 1. The molecule has 6 nitrogen and oxygen atoms in total. The van der Waals surface area contributed by atoms with Gasteiger partial charge in [0.15, 0.2) is 0 Å². The van der Waals surface area contributed by atoms with Crippen molar-refractivity contribution in [2.75, 3.05) is 13.1 Å². The molecule has 0 spiro atoms. The lowest BCUT2D eigenvalue weighted by molar-refractivity contribution is 0.0126. The predicted octanol–water partition coefficient (Wildman–Crippen LogP) is 4.07. The van der Waals surface area contributed by atoms with E-state index in [1.165, 1.54) is 9.80 Å². The van der Waals surface area contributed by atoms with Gasteiger partial charge in [0.1, 0.15) is 11.8 Å². The fourth-order valence-electron chi connectivity index (χ4n) is 3.83. The molecule has 1 aliphatic heterocycles. The first-order chi connectivity index (χ1) is 12.6. The summed E-state index contributed by atoms with van der Waals surface area (Å²) in [5.41, 5.74) is 1.30. The molecule has 1 aromatic carbocycles. The van der Waals surface area contributed by atoms with Crippen LogP contribution in [0, 0.1) is 6.92 Å². The molecule has 7 heteroatoms. The third-order valence-corrected chi connectivity index (χ3v) is 4.97. The van der Waals surface area contributed by atoms with Crippen molar-refractivity contribution in [1.29, 1.82) is 0 Å². The molecule has 146 valence electrons. The summed E-state index contributed by atoms with van der Waals surface area (Å²) in [5.74, 6) is -0.322. The zero-order chi connectivity index (χ0) is 19.9. The Morgan fingerprint density at radius 1 is 1.30 bits per heavy atom. The SMILES string of the molecule is Cc1coc2cc(C(=O)N3C[C@H](F)C[C@@H](N(C(=O)O)C(C)(C)C)C3)ccc12. The molecule has 3 rings (SSSR count). The van der Waals surface area contributed by atoms with Crippen LogP contribution in [0.2, 0.25) is 0 Å². The normalized spacial score (nSPS) is 20.7. The zero-order valence-corrected chi connectivity index (χ0v) is 16.0. The second kappa shape index (κ2) is 6.87. The van der Waals surface area contributed by atoms with Gasteiger partial charge < -0.3 is 14.4 Å². The fourth-order valence-corrected chi connectivity index (χ4v) is 3.83. The molecule has 1 N–H and O–H groups in total. The lowest BCUT2D eigenvalue weighted by Gasteiger charge is -2.45. The molecule has 2 amide bonds. The van der Waals surface area contributed by atoms with E-state index in [4.69, 9.17) is 4.42 Å². The van der Waals surface area contributed by atoms with Crippen molar-refractivity contribution in [2.45, 2.75) is 51.9 Å². The van der Waals surface area contributed by atoms with E-state index in [9.17, 15) is 19.1 Å². The van der Waals surface area contributed by atoms with Crippen LogP contribution >= 0.6 is 0 Å². The topological polar surface area (TPSA) is 74.0 Å². The number of rotatable bonds is 2. The van der Waals surface area contributed by atoms with E-state index < -0.39 is 23.8 Å². The summed E-state index contributed by atoms with van der Waals surface area (Å²) in [7, 11) is 0. The number of amides is 2. The van der Waals surface area contributed by atoms with Crippen molar-refractivity contribution >= 4 is 23.0 Å². The van der Waals surface area contributed by atoms with Gasteiger partial charge in [0, 0.05) is 29.5 Å². The Morgan fingerprint density at radius 3 is 2.63 bits per heavy atom. The Balaban J connectivity index is 1.86. The number of benzene rings is 1. The highest BCUT2D eigenvalue weighted by Crippen LogP contribution is 2.27. The summed E-state index contributed by atoms with van der Waals surface area (Å²) in [6.07, 6.45) is -0.668. The van der Waals surface area contributed by atoms with Gasteiger partial charge in [0.05, 0.1) is 18.8 Å². The van der Waals surface area contributed by atoms with Crippen LogP contribution in [0.3, 0.4) is 0 Å². The van der Waals surface area contributed by atoms with Crippen LogP contribution < -0.4 is 0 Å². The number of nitrogens with zero attached hydrogens (tertiary/aromatic N) is 2. The maximum Gasteiger partial charge on any atom is 0.408 e. The Bertz CT molecular complexity index is 870. The van der Waals surface area contributed by atoms with Gasteiger partial charge in [-0.15, -0.1) is 0 Å². The number of hydrogen-bond acceptors (Lipinski definition) is 3. The maximum absolute atomic E-state index is 14.4. The lowest BCUT2D eigenvalue weighted by atomic mass is 9.96. The predicted molar refractivity (Wildman–Crippen MR) is 99.8 cm³/mol. The van der Waals surface area contributed by atoms with Gasteiger partial charge in [0.25, 0.3) is 5.91 Å². The number of halogens is 1. The molecule has 0 unspecified atom stereocenters. The largest absolute Gasteiger partial charge is 0.465 e. The highest BCUT2D eigenvalue weighted by atomic mass is 19.1. The Morgan fingerprint density at radius 2 is 2.00 bits per heavy atom. The number of furan rings is 1. The number of carbonyl (C=O) groups is 2. The van der Waals surface area contributed by atoms with Crippen LogP contribution in [-0.2, 0) is 0 Å². The average Bonchev–Trinajstić information content (AvgIpc) is 2.92. The standard InChI is InChI=1S/C20H25FN2O4/c1-12-11-27-17-7-13(5-6-16(12)17)18(24)22-9-14(21)8-15(10-22)23(19(25)26)20(2,3)4/h5-7,11,14-15H,8-10H2,1-4H3,(H,25,26)/t14-,15-/m1/s1. The third-order valence-electron chi connectivity index (χ3n) is 4.97. The minimum absolute atomic E-state index is 0.0395. The first-order valence-electron chi connectivity index (χ1n) is 9.01. The average molecular weight is 376 g/mol. The lowest BCUT2D eigenvalue weighted by Crippen LogP contribution is -2.59. The minimum atomic E-state index is -1.27. The van der Waals surface area contributed by atoms with Crippen LogP contribution in [-0.4, -0.2) is 57.7 Å². The Kier molecular flexibility index (Phi) is 4.88. The van der Waals surface area contributed by atoms with Gasteiger partial charge in [-0.05, 0) is 45.4 Å². The quantitative estimate of drug-likeness (QED) is 0.857. The number of carboxylic acid groups (broad SMARTS) is 1. The van der Waals surface area contributed by atoms with Crippen molar-refractivity contribution < 1.29 is 23.5 Å². The second-order valence-electron chi connectivity index (χ2n) is 8.15. The van der Waals surface area contributed by atoms with E-state index >= 15 is 0 Å². The van der Waals surface area contributed by atoms with Crippen molar-refractivity contribution in [2.24, 2.45) is 0 Å². The summed E-state index contributed by atoms with van der Waals surface area (Å²) >= 11 is 0. The zero-order valence-electron chi connectivity index (χ0n) is 16.0. The molecule has 0 bridgehead atoms. The Labute approximate surface area is 157 Å². The van der Waals surface area contributed by atoms with Gasteiger partial charge in [-0.25, -0.2) is 9.18 Å². The minimum Gasteiger partial charge on any atom is -0.465 e. The summed E-state index contributed by atoms with van der Waals surface area (Å²) < 4.78 is 19.8. The van der Waals surface area contributed by atoms with Crippen LogP contribution in [0.15, 0.2) is 28.9 Å². The number of hydrogen-bond donors (Lipinski definition) is 1. The highest BCUT2D eigenvalue weighted by molar-refractivity contribution is 5.98. The van der Waals surface area contributed by atoms with Crippen LogP contribution in [0.5, 0.6) is 0 Å². The number of carbonyl (C=O) groups excluding carboxylic acids is 1. The van der Waals surface area contributed by atoms with E-state index in [1.807, 2.05) is 13.0 Å². The van der Waals surface area contributed by atoms with E-state index in [1.54, 1.807) is 39.2 Å². The van der Waals surface area contributed by atoms with E-state index in [2.05, 4.69) is 0 Å². The summed E-state index contributed by atoms with van der Waals surface area (Å²) in [4.78, 5) is 27.3. The van der Waals surface area contributed by atoms with Crippen LogP contribution in [0.1, 0.15) is 43.1 Å². The number of piperidine rings is 1. The third kappa shape index (κ3) is 3.77. The van der Waals surface area contributed by atoms with Crippen molar-refractivity contribution in [3.8, 4) is 0 Å². The molecule has 1 fully saturated rings. The number of likely N-dealkylation sites (tertiary alicyclic amines) is 1. The van der Waals surface area contributed by atoms with Gasteiger partial charge in [0.2, 0.25) is 0 Å². The van der Waals surface area contributed by atoms with E-state index in [0.717, 1.165) is 10.9 Å². The highest BCUT2D eigenvalue weighted by Gasteiger charge is 2.40. The van der Waals surface area contributed by atoms with Gasteiger partial charge in [-0.2, -0.15) is 0 Å². The van der Waals surface area contributed by atoms with Gasteiger partial charge in [-0.1, -0.05) is 6.07 Å². The Hall–Kier alpha value is -2.57. The molecule has 0 aliphatic carbocycles. The van der Waals surface area contributed by atoms with Crippen LogP contribution in [0.4, 0.5) is 9.18 Å². The molecule has 27 heavy (non-hydrogen) atoms. The molecular formula is C20H25FN2O4. The van der Waals surface area contributed by atoms with E-state index in [-0.39, 0.29) is 25.4 Å². The first kappa shape index (κ1) is 19.2. The van der Waals surface area contributed by atoms with Crippen molar-refractivity contribution in [1.82, 2.24) is 9.80 Å². The number of fused-ring (bicyclic) bond motifs is 1. The molecule has 2 aromatic rings. The molecule has 1 aliphatic rings. The first-order valence-corrected chi connectivity index (χ1v) is 9.01. The van der Waals surface area contributed by atoms with Crippen LogP contribution in [0.25, 0.3) is 11.0 Å². The second-order valence-corrected chi connectivity index (χ2v) is 8.15.